The van der Waals surface area contributed by atoms with Crippen molar-refractivity contribution in [3.8, 4) is 16.3 Å². The van der Waals surface area contributed by atoms with Crippen LogP contribution in [0.2, 0.25) is 0 Å². The molecule has 0 atom stereocenters. The lowest BCUT2D eigenvalue weighted by atomic mass is 9.99. The molecule has 5 heteroatoms. The highest BCUT2D eigenvalue weighted by atomic mass is 32.1. The Morgan fingerprint density at radius 2 is 1.30 bits per heavy atom. The zero-order valence-electron chi connectivity index (χ0n) is 24.3. The van der Waals surface area contributed by atoms with Crippen LogP contribution in [-0.2, 0) is 0 Å². The van der Waals surface area contributed by atoms with Crippen molar-refractivity contribution in [1.82, 2.24) is 9.55 Å². The lowest BCUT2D eigenvalue weighted by Crippen LogP contribution is -1.92. The predicted molar refractivity (Wildman–Crippen MR) is 197 cm³/mol. The summed E-state index contributed by atoms with van der Waals surface area (Å²) in [5.41, 5.74) is 7.33. The van der Waals surface area contributed by atoms with Gasteiger partial charge in [-0.3, -0.25) is 4.57 Å². The molecule has 0 unspecified atom stereocenters. The molecular weight excluding hydrogens is 601 g/mol. The minimum Gasteiger partial charge on any atom is -0.455 e. The third kappa shape index (κ3) is 3.33. The van der Waals surface area contributed by atoms with Crippen molar-refractivity contribution in [2.75, 3.05) is 0 Å². The maximum absolute atomic E-state index is 6.63. The minimum atomic E-state index is 0.880. The van der Waals surface area contributed by atoms with Crippen molar-refractivity contribution in [3.05, 3.63) is 133 Å². The quantitative estimate of drug-likeness (QED) is 0.192. The lowest BCUT2D eigenvalue weighted by Gasteiger charge is -2.06. The molecule has 0 spiro atoms. The Balaban J connectivity index is 1.24. The minimum absolute atomic E-state index is 0.880. The van der Waals surface area contributed by atoms with Gasteiger partial charge in [0.2, 0.25) is 0 Å². The van der Waals surface area contributed by atoms with Gasteiger partial charge in [0.25, 0.3) is 0 Å². The highest BCUT2D eigenvalue weighted by Gasteiger charge is 2.22. The monoisotopic (exact) mass is 622 g/mol. The molecule has 11 rings (SSSR count). The molecule has 3 nitrogen and oxygen atoms in total. The summed E-state index contributed by atoms with van der Waals surface area (Å²) in [5.74, 6) is 0. The van der Waals surface area contributed by atoms with Crippen LogP contribution in [0.15, 0.2) is 138 Å². The first kappa shape index (κ1) is 24.8. The molecule has 46 heavy (non-hydrogen) atoms. The number of benzene rings is 7. The second-order valence-corrected chi connectivity index (χ2v) is 14.0. The van der Waals surface area contributed by atoms with E-state index in [0.29, 0.717) is 0 Å². The van der Waals surface area contributed by atoms with E-state index in [1.165, 1.54) is 52.8 Å². The number of thiazole rings is 1. The number of aromatic nitrogens is 2. The Labute approximate surface area is 270 Å². The van der Waals surface area contributed by atoms with Gasteiger partial charge in [0.15, 0.2) is 5.13 Å². The predicted octanol–water partition coefficient (Wildman–Crippen LogP) is 12.5. The van der Waals surface area contributed by atoms with Crippen LogP contribution in [0.25, 0.3) is 101 Å². The Kier molecular flexibility index (Phi) is 4.87. The van der Waals surface area contributed by atoms with Crippen LogP contribution < -0.4 is 0 Å². The molecule has 4 aromatic heterocycles. The van der Waals surface area contributed by atoms with E-state index in [-0.39, 0.29) is 0 Å². The van der Waals surface area contributed by atoms with Crippen molar-refractivity contribution >= 4 is 108 Å². The van der Waals surface area contributed by atoms with Crippen LogP contribution in [0.4, 0.5) is 0 Å². The molecule has 4 heterocycles. The van der Waals surface area contributed by atoms with Crippen LogP contribution in [0.5, 0.6) is 0 Å². The Morgan fingerprint density at radius 3 is 2.24 bits per heavy atom. The van der Waals surface area contributed by atoms with Gasteiger partial charge in [-0.1, -0.05) is 102 Å². The van der Waals surface area contributed by atoms with E-state index in [9.17, 15) is 0 Å². The molecule has 0 amide bonds. The Bertz CT molecular complexity index is 3050. The van der Waals surface area contributed by atoms with Gasteiger partial charge in [0.05, 0.1) is 26.6 Å². The summed E-state index contributed by atoms with van der Waals surface area (Å²) in [4.78, 5) is 5.44. The molecule has 0 radical (unpaired) electrons. The van der Waals surface area contributed by atoms with E-state index >= 15 is 0 Å². The van der Waals surface area contributed by atoms with Crippen molar-refractivity contribution in [3.63, 3.8) is 0 Å². The molecule has 0 saturated carbocycles. The van der Waals surface area contributed by atoms with Crippen molar-refractivity contribution in [2.45, 2.75) is 0 Å². The summed E-state index contributed by atoms with van der Waals surface area (Å²) < 4.78 is 12.8. The summed E-state index contributed by atoms with van der Waals surface area (Å²) >= 11 is 3.61. The van der Waals surface area contributed by atoms with Crippen LogP contribution in [0.3, 0.4) is 0 Å². The maximum atomic E-state index is 6.63. The molecule has 0 aliphatic carbocycles. The second-order valence-electron chi connectivity index (χ2n) is 11.9. The van der Waals surface area contributed by atoms with Gasteiger partial charge in [-0.25, -0.2) is 4.98 Å². The maximum Gasteiger partial charge on any atom is 0.195 e. The fourth-order valence-corrected chi connectivity index (χ4v) is 9.49. The van der Waals surface area contributed by atoms with Gasteiger partial charge in [-0.05, 0) is 58.8 Å². The number of thiophene rings is 1. The number of furan rings is 1. The molecule has 11 aromatic rings. The summed E-state index contributed by atoms with van der Waals surface area (Å²) in [6.07, 6.45) is 0. The van der Waals surface area contributed by atoms with E-state index in [2.05, 4.69) is 132 Å². The highest BCUT2D eigenvalue weighted by Crippen LogP contribution is 2.45. The highest BCUT2D eigenvalue weighted by molar-refractivity contribution is 7.26. The van der Waals surface area contributed by atoms with E-state index < -0.39 is 0 Å². The fraction of sp³-hybridized carbons (Fsp3) is 0. The number of hydrogen-bond acceptors (Lipinski definition) is 4. The average molecular weight is 623 g/mol. The molecule has 214 valence electrons. The van der Waals surface area contributed by atoms with E-state index in [4.69, 9.17) is 9.40 Å². The van der Waals surface area contributed by atoms with E-state index in [1.807, 2.05) is 17.4 Å². The summed E-state index contributed by atoms with van der Waals surface area (Å²) in [7, 11) is 0. The Morgan fingerprint density at radius 1 is 0.522 bits per heavy atom. The first-order valence-corrected chi connectivity index (χ1v) is 17.0. The van der Waals surface area contributed by atoms with Gasteiger partial charge < -0.3 is 4.42 Å². The lowest BCUT2D eigenvalue weighted by molar-refractivity contribution is 0.670. The van der Waals surface area contributed by atoms with Gasteiger partial charge in [-0.2, -0.15) is 0 Å². The van der Waals surface area contributed by atoms with Crippen molar-refractivity contribution in [1.29, 1.82) is 0 Å². The van der Waals surface area contributed by atoms with Crippen molar-refractivity contribution in [2.24, 2.45) is 0 Å². The van der Waals surface area contributed by atoms with Crippen LogP contribution >= 0.6 is 22.7 Å². The second kappa shape index (κ2) is 9.04. The van der Waals surface area contributed by atoms with Gasteiger partial charge in [0.1, 0.15) is 11.2 Å². The van der Waals surface area contributed by atoms with Crippen LogP contribution in [0, 0.1) is 0 Å². The zero-order valence-corrected chi connectivity index (χ0v) is 26.0. The molecule has 7 aromatic carbocycles. The molecule has 0 saturated heterocycles. The number of para-hydroxylation sites is 2. The molecule has 0 N–H and O–H groups in total. The number of fused-ring (bicyclic) bond motifs is 12. The van der Waals surface area contributed by atoms with Crippen LogP contribution in [-0.4, -0.2) is 9.55 Å². The number of hydrogen-bond donors (Lipinski definition) is 0. The third-order valence-electron chi connectivity index (χ3n) is 9.42. The van der Waals surface area contributed by atoms with Crippen molar-refractivity contribution < 1.29 is 4.42 Å². The smallest absolute Gasteiger partial charge is 0.195 e. The van der Waals surface area contributed by atoms with Crippen LogP contribution in [0.1, 0.15) is 0 Å². The van der Waals surface area contributed by atoms with Gasteiger partial charge >= 0.3 is 0 Å². The first-order valence-electron chi connectivity index (χ1n) is 15.4. The van der Waals surface area contributed by atoms with E-state index in [0.717, 1.165) is 48.4 Å². The average Bonchev–Trinajstić information content (AvgIpc) is 3.86. The Hall–Kier alpha value is -5.49. The molecule has 0 fully saturated rings. The number of nitrogens with zero attached hydrogens (tertiary/aromatic N) is 2. The zero-order chi connectivity index (χ0) is 29.9. The van der Waals surface area contributed by atoms with Gasteiger partial charge in [-0.15, -0.1) is 11.3 Å². The molecule has 0 bridgehead atoms. The van der Waals surface area contributed by atoms with Gasteiger partial charge in [0, 0.05) is 41.9 Å². The SMILES string of the molecule is c1ccc2cc(-c3cc4sc(-n5c6ccccc6c6cc7c(cc65)sc5ccccc57)nc4c4c3oc3ccccc34)ccc2c1. The number of rotatable bonds is 2. The summed E-state index contributed by atoms with van der Waals surface area (Å²) in [5, 5.41) is 10.7. The summed E-state index contributed by atoms with van der Waals surface area (Å²) in [6.45, 7) is 0. The first-order chi connectivity index (χ1) is 22.8. The normalized spacial score (nSPS) is 12.3. The van der Waals surface area contributed by atoms with E-state index in [1.54, 1.807) is 11.3 Å². The molecule has 0 aliphatic heterocycles. The standard InChI is InChI=1S/C41H22N2OS2/c1-2-10-24-19-25(18-17-23(24)9-1)29-21-37-39(38-28-13-4-7-15-34(28)44-40(29)38)42-41(46-37)43-32-14-6-3-11-26(32)30-20-31-27-12-5-8-16-35(27)45-36(31)22-33(30)43/h1-22H. The summed E-state index contributed by atoms with van der Waals surface area (Å²) in [6, 6.07) is 48.0. The third-order valence-corrected chi connectivity index (χ3v) is 11.5. The molecule has 0 aliphatic rings. The fourth-order valence-electron chi connectivity index (χ4n) is 7.32. The molecular formula is C41H22N2OS2. The largest absolute Gasteiger partial charge is 0.455 e. The topological polar surface area (TPSA) is 31.0 Å².